The number of pyridine rings is 1. The van der Waals surface area contributed by atoms with E-state index < -0.39 is 5.97 Å². The zero-order valence-corrected chi connectivity index (χ0v) is 12.6. The van der Waals surface area contributed by atoms with Crippen LogP contribution in [0.4, 0.5) is 5.82 Å². The number of nitrogens with zero attached hydrogens (tertiary/aromatic N) is 2. The maximum absolute atomic E-state index is 11.4. The van der Waals surface area contributed by atoms with E-state index in [1.165, 1.54) is 0 Å². The van der Waals surface area contributed by atoms with Gasteiger partial charge in [0, 0.05) is 11.4 Å². The minimum atomic E-state index is -0.962. The van der Waals surface area contributed by atoms with Crippen LogP contribution in [-0.2, 0) is 0 Å². The third-order valence-corrected chi connectivity index (χ3v) is 3.35. The number of nitrogens with one attached hydrogen (secondary N) is 1. The lowest BCUT2D eigenvalue weighted by molar-refractivity contribution is 0.0697. The van der Waals surface area contributed by atoms with Crippen molar-refractivity contribution >= 4 is 22.7 Å². The molecule has 0 aliphatic carbocycles. The number of fused-ring (bicyclic) bond motifs is 1. The summed E-state index contributed by atoms with van der Waals surface area (Å²) < 4.78 is 0. The molecule has 0 aliphatic rings. The molecular formula is C16H21N3O2. The molecule has 1 heterocycles. The summed E-state index contributed by atoms with van der Waals surface area (Å²) in [6, 6.07) is 9.35. The molecule has 0 amide bonds. The smallest absolute Gasteiger partial charge is 0.339 e. The van der Waals surface area contributed by atoms with Crippen LogP contribution in [0.3, 0.4) is 0 Å². The van der Waals surface area contributed by atoms with E-state index in [-0.39, 0.29) is 11.6 Å². The van der Waals surface area contributed by atoms with Crippen LogP contribution >= 0.6 is 0 Å². The van der Waals surface area contributed by atoms with E-state index in [0.717, 1.165) is 23.9 Å². The minimum absolute atomic E-state index is 0.152. The van der Waals surface area contributed by atoms with Crippen molar-refractivity contribution in [2.75, 3.05) is 26.0 Å². The molecule has 5 nitrogen and oxygen atoms in total. The van der Waals surface area contributed by atoms with Crippen LogP contribution in [0.25, 0.3) is 10.9 Å². The highest BCUT2D eigenvalue weighted by atomic mass is 16.4. The van der Waals surface area contributed by atoms with Crippen LogP contribution in [0.2, 0.25) is 0 Å². The molecule has 1 aromatic heterocycles. The highest BCUT2D eigenvalue weighted by Crippen LogP contribution is 2.21. The van der Waals surface area contributed by atoms with E-state index in [1.807, 2.05) is 45.3 Å². The highest BCUT2D eigenvalue weighted by molar-refractivity contribution is 5.98. The van der Waals surface area contributed by atoms with Crippen LogP contribution in [0.15, 0.2) is 30.3 Å². The van der Waals surface area contributed by atoms with Gasteiger partial charge < -0.3 is 15.3 Å². The van der Waals surface area contributed by atoms with Crippen LogP contribution < -0.4 is 5.32 Å². The lowest BCUT2D eigenvalue weighted by atomic mass is 10.1. The number of anilines is 1. The van der Waals surface area contributed by atoms with E-state index >= 15 is 0 Å². The van der Waals surface area contributed by atoms with Crippen LogP contribution in [0.5, 0.6) is 0 Å². The quantitative estimate of drug-likeness (QED) is 0.855. The van der Waals surface area contributed by atoms with Gasteiger partial charge in [-0.2, -0.15) is 0 Å². The Labute approximate surface area is 124 Å². The summed E-state index contributed by atoms with van der Waals surface area (Å²) in [4.78, 5) is 18.0. The molecule has 0 bridgehead atoms. The van der Waals surface area contributed by atoms with Gasteiger partial charge in [-0.1, -0.05) is 18.2 Å². The van der Waals surface area contributed by atoms with Crippen molar-refractivity contribution in [1.29, 1.82) is 0 Å². The Balaban J connectivity index is 2.28. The van der Waals surface area contributed by atoms with Crippen molar-refractivity contribution < 1.29 is 9.90 Å². The average Bonchev–Trinajstić information content (AvgIpc) is 2.44. The number of rotatable bonds is 6. The van der Waals surface area contributed by atoms with Gasteiger partial charge in [-0.05, 0) is 46.1 Å². The Morgan fingerprint density at radius 3 is 2.76 bits per heavy atom. The third-order valence-electron chi connectivity index (χ3n) is 3.35. The Morgan fingerprint density at radius 2 is 2.10 bits per heavy atom. The molecule has 1 unspecified atom stereocenters. The number of aromatic nitrogens is 1. The fourth-order valence-corrected chi connectivity index (χ4v) is 2.15. The zero-order chi connectivity index (χ0) is 15.4. The average molecular weight is 287 g/mol. The predicted molar refractivity (Wildman–Crippen MR) is 85.0 cm³/mol. The van der Waals surface area contributed by atoms with Gasteiger partial charge in [-0.25, -0.2) is 9.78 Å². The minimum Gasteiger partial charge on any atom is -0.478 e. The van der Waals surface area contributed by atoms with E-state index in [1.54, 1.807) is 6.07 Å². The van der Waals surface area contributed by atoms with E-state index in [0.29, 0.717) is 5.82 Å². The first-order valence-corrected chi connectivity index (χ1v) is 7.01. The summed E-state index contributed by atoms with van der Waals surface area (Å²) >= 11 is 0. The van der Waals surface area contributed by atoms with Gasteiger partial charge in [0.1, 0.15) is 11.4 Å². The van der Waals surface area contributed by atoms with Gasteiger partial charge >= 0.3 is 5.97 Å². The van der Waals surface area contributed by atoms with Gasteiger partial charge in [0.15, 0.2) is 0 Å². The number of benzene rings is 1. The van der Waals surface area contributed by atoms with E-state index in [9.17, 15) is 9.90 Å². The monoisotopic (exact) mass is 287 g/mol. The Kier molecular flexibility index (Phi) is 4.75. The van der Waals surface area contributed by atoms with Crippen LogP contribution in [0, 0.1) is 0 Å². The molecule has 21 heavy (non-hydrogen) atoms. The molecule has 0 fully saturated rings. The summed E-state index contributed by atoms with van der Waals surface area (Å²) in [6.07, 6.45) is 0.917. The summed E-state index contributed by atoms with van der Waals surface area (Å²) in [5.74, 6) is -0.525. The molecule has 1 aromatic carbocycles. The normalized spacial score (nSPS) is 12.6. The summed E-state index contributed by atoms with van der Waals surface area (Å²) in [6.45, 7) is 2.97. The van der Waals surface area contributed by atoms with Gasteiger partial charge in [0.05, 0.1) is 5.52 Å². The molecular weight excluding hydrogens is 266 g/mol. The lowest BCUT2D eigenvalue weighted by Gasteiger charge is -2.18. The van der Waals surface area contributed by atoms with Crippen molar-refractivity contribution in [3.05, 3.63) is 35.9 Å². The van der Waals surface area contributed by atoms with Crippen molar-refractivity contribution in [3.8, 4) is 0 Å². The fraction of sp³-hybridized carbons (Fsp3) is 0.375. The molecule has 0 radical (unpaired) electrons. The van der Waals surface area contributed by atoms with Crippen molar-refractivity contribution in [2.45, 2.75) is 19.4 Å². The molecule has 2 N–H and O–H groups in total. The molecule has 112 valence electrons. The van der Waals surface area contributed by atoms with Gasteiger partial charge in [0.2, 0.25) is 0 Å². The van der Waals surface area contributed by atoms with Gasteiger partial charge in [-0.3, -0.25) is 0 Å². The van der Waals surface area contributed by atoms with Crippen molar-refractivity contribution in [2.24, 2.45) is 0 Å². The largest absolute Gasteiger partial charge is 0.478 e. The first kappa shape index (κ1) is 15.3. The Bertz CT molecular complexity index is 640. The highest BCUT2D eigenvalue weighted by Gasteiger charge is 2.15. The maximum Gasteiger partial charge on any atom is 0.339 e. The maximum atomic E-state index is 11.4. The number of para-hydroxylation sites is 1. The molecule has 0 spiro atoms. The number of aromatic carboxylic acids is 1. The second-order valence-electron chi connectivity index (χ2n) is 5.52. The summed E-state index contributed by atoms with van der Waals surface area (Å²) in [7, 11) is 4.04. The fourth-order valence-electron chi connectivity index (χ4n) is 2.15. The van der Waals surface area contributed by atoms with Gasteiger partial charge in [-0.15, -0.1) is 0 Å². The molecule has 1 atom stereocenters. The Hall–Kier alpha value is -2.14. The summed E-state index contributed by atoms with van der Waals surface area (Å²) in [5.41, 5.74) is 1.01. The molecule has 0 saturated carbocycles. The molecule has 2 rings (SSSR count). The standard InChI is InChI=1S/C16H21N3O2/c1-11(8-9-19(2)3)17-15-13(16(20)21)10-12-6-4-5-7-14(12)18-15/h4-7,10-11H,8-9H2,1-3H3,(H,17,18)(H,20,21). The van der Waals surface area contributed by atoms with E-state index in [4.69, 9.17) is 0 Å². The zero-order valence-electron chi connectivity index (χ0n) is 12.6. The van der Waals surface area contributed by atoms with Crippen molar-refractivity contribution in [3.63, 3.8) is 0 Å². The molecule has 0 saturated heterocycles. The Morgan fingerprint density at radius 1 is 1.38 bits per heavy atom. The van der Waals surface area contributed by atoms with Gasteiger partial charge in [0.25, 0.3) is 0 Å². The third kappa shape index (κ3) is 3.92. The van der Waals surface area contributed by atoms with E-state index in [2.05, 4.69) is 15.2 Å². The molecule has 2 aromatic rings. The number of carbonyl (C=O) groups is 1. The van der Waals surface area contributed by atoms with Crippen molar-refractivity contribution in [1.82, 2.24) is 9.88 Å². The second kappa shape index (κ2) is 6.54. The summed E-state index contributed by atoms with van der Waals surface area (Å²) in [5, 5.41) is 13.4. The number of hydrogen-bond donors (Lipinski definition) is 2. The first-order valence-electron chi connectivity index (χ1n) is 7.01. The number of hydrogen-bond acceptors (Lipinski definition) is 4. The lowest BCUT2D eigenvalue weighted by Crippen LogP contribution is -2.24. The number of carboxylic acids is 1. The second-order valence-corrected chi connectivity index (χ2v) is 5.52. The molecule has 5 heteroatoms. The SMILES string of the molecule is CC(CCN(C)C)Nc1nc2ccccc2cc1C(=O)O. The topological polar surface area (TPSA) is 65.5 Å². The van der Waals surface area contributed by atoms with Crippen LogP contribution in [-0.4, -0.2) is 47.6 Å². The predicted octanol–water partition coefficient (Wildman–Crippen LogP) is 2.69. The molecule has 0 aliphatic heterocycles. The number of carboxylic acid groups (broad SMARTS) is 1. The first-order chi connectivity index (χ1) is 9.97. The van der Waals surface area contributed by atoms with Crippen LogP contribution in [0.1, 0.15) is 23.7 Å².